The second-order valence-electron chi connectivity index (χ2n) is 6.34. The second-order valence-corrected chi connectivity index (χ2v) is 6.34. The van der Waals surface area contributed by atoms with Crippen LogP contribution in [-0.2, 0) is 4.79 Å². The Bertz CT molecular complexity index is 556. The number of ether oxygens (including phenoxy) is 1. The number of carbonyl (C=O) groups is 1. The van der Waals surface area contributed by atoms with Crippen LogP contribution in [0.15, 0.2) is 24.3 Å². The minimum Gasteiger partial charge on any atom is -0.479 e. The van der Waals surface area contributed by atoms with Gasteiger partial charge in [-0.05, 0) is 23.0 Å². The van der Waals surface area contributed by atoms with E-state index in [2.05, 4.69) is 33.0 Å². The first-order valence-corrected chi connectivity index (χ1v) is 6.71. The van der Waals surface area contributed by atoms with Crippen molar-refractivity contribution in [1.29, 1.82) is 5.26 Å². The quantitative estimate of drug-likeness (QED) is 0.915. The fourth-order valence-corrected chi connectivity index (χ4v) is 2.85. The van der Waals surface area contributed by atoms with Crippen LogP contribution in [0.25, 0.3) is 0 Å². The Labute approximate surface area is 119 Å². The summed E-state index contributed by atoms with van der Waals surface area (Å²) in [7, 11) is 0. The molecule has 0 aromatic heterocycles. The molecule has 0 heterocycles. The number of benzene rings is 1. The third kappa shape index (κ3) is 2.36. The van der Waals surface area contributed by atoms with E-state index in [9.17, 15) is 4.79 Å². The Kier molecular flexibility index (Phi) is 3.47. The Morgan fingerprint density at radius 3 is 2.55 bits per heavy atom. The highest BCUT2D eigenvalue weighted by Gasteiger charge is 2.68. The maximum Gasteiger partial charge on any atom is 0.228 e. The van der Waals surface area contributed by atoms with E-state index in [-0.39, 0.29) is 29.3 Å². The minimum absolute atomic E-state index is 0.0000863. The highest BCUT2D eigenvalue weighted by Crippen LogP contribution is 2.68. The van der Waals surface area contributed by atoms with Crippen LogP contribution in [0.2, 0.25) is 0 Å². The largest absolute Gasteiger partial charge is 0.479 e. The van der Waals surface area contributed by atoms with Gasteiger partial charge in [-0.25, -0.2) is 0 Å². The zero-order valence-electron chi connectivity index (χ0n) is 12.4. The van der Waals surface area contributed by atoms with Crippen molar-refractivity contribution < 1.29 is 9.53 Å². The number of nitrogens with zero attached hydrogens (tertiary/aromatic N) is 1. The van der Waals surface area contributed by atoms with Crippen molar-refractivity contribution >= 4 is 11.6 Å². The molecule has 1 amide bonds. The van der Waals surface area contributed by atoms with Gasteiger partial charge in [-0.1, -0.05) is 33.8 Å². The van der Waals surface area contributed by atoms with E-state index in [1.54, 1.807) is 18.2 Å². The molecule has 1 aromatic rings. The van der Waals surface area contributed by atoms with Crippen LogP contribution in [0.4, 0.5) is 5.69 Å². The van der Waals surface area contributed by atoms with Gasteiger partial charge in [0.05, 0.1) is 0 Å². The van der Waals surface area contributed by atoms with Crippen LogP contribution in [0.5, 0.6) is 5.75 Å². The van der Waals surface area contributed by atoms with E-state index < -0.39 is 0 Å². The first-order chi connectivity index (χ1) is 9.30. The van der Waals surface area contributed by atoms with Crippen LogP contribution in [-0.4, -0.2) is 12.5 Å². The highest BCUT2D eigenvalue weighted by atomic mass is 16.5. The first-order valence-electron chi connectivity index (χ1n) is 6.71. The molecule has 1 N–H and O–H groups in total. The van der Waals surface area contributed by atoms with Crippen molar-refractivity contribution in [1.82, 2.24) is 0 Å². The summed E-state index contributed by atoms with van der Waals surface area (Å²) in [5.74, 6) is 0.634. The van der Waals surface area contributed by atoms with E-state index in [1.165, 1.54) is 0 Å². The molecular weight excluding hydrogens is 252 g/mol. The summed E-state index contributed by atoms with van der Waals surface area (Å²) in [5, 5.41) is 11.4. The zero-order chi connectivity index (χ0) is 15.0. The molecule has 0 saturated heterocycles. The number of carbonyl (C=O) groups excluding carboxylic acids is 1. The van der Waals surface area contributed by atoms with Crippen LogP contribution in [0.3, 0.4) is 0 Å². The fraction of sp³-hybridized carbons (Fsp3) is 0.500. The molecule has 0 bridgehead atoms. The average Bonchev–Trinajstić information content (AvgIpc) is 2.77. The summed E-state index contributed by atoms with van der Waals surface area (Å²) < 4.78 is 5.22. The van der Waals surface area contributed by atoms with Gasteiger partial charge in [-0.15, -0.1) is 0 Å². The molecular formula is C16H20N2O2. The van der Waals surface area contributed by atoms with Crippen molar-refractivity contribution in [3.63, 3.8) is 0 Å². The maximum atomic E-state index is 12.3. The molecule has 1 aliphatic carbocycles. The van der Waals surface area contributed by atoms with Crippen LogP contribution in [0, 0.1) is 28.1 Å². The van der Waals surface area contributed by atoms with Gasteiger partial charge in [0.15, 0.2) is 6.61 Å². The summed E-state index contributed by atoms with van der Waals surface area (Å²) in [6, 6.07) is 9.03. The number of nitrogens with one attached hydrogen (secondary N) is 1. The summed E-state index contributed by atoms with van der Waals surface area (Å²) in [6.45, 7) is 8.46. The molecule has 106 valence electrons. The molecule has 4 heteroatoms. The summed E-state index contributed by atoms with van der Waals surface area (Å²) >= 11 is 0. The molecule has 4 nitrogen and oxygen atoms in total. The molecule has 0 radical (unpaired) electrons. The predicted molar refractivity (Wildman–Crippen MR) is 77.2 cm³/mol. The van der Waals surface area contributed by atoms with Crippen LogP contribution >= 0.6 is 0 Å². The lowest BCUT2D eigenvalue weighted by Gasteiger charge is -2.08. The molecule has 20 heavy (non-hydrogen) atoms. The number of hydrogen-bond acceptors (Lipinski definition) is 3. The minimum atomic E-state index is 0.0000863. The highest BCUT2D eigenvalue weighted by molar-refractivity contribution is 5.96. The predicted octanol–water partition coefficient (Wildman–Crippen LogP) is 3.21. The average molecular weight is 272 g/mol. The Morgan fingerprint density at radius 1 is 1.35 bits per heavy atom. The van der Waals surface area contributed by atoms with Gasteiger partial charge < -0.3 is 10.1 Å². The van der Waals surface area contributed by atoms with Gasteiger partial charge in [0.1, 0.15) is 11.8 Å². The molecule has 1 aromatic carbocycles. The molecule has 0 unspecified atom stereocenters. The number of anilines is 1. The van der Waals surface area contributed by atoms with Crippen LogP contribution < -0.4 is 10.1 Å². The molecule has 1 aliphatic rings. The molecule has 0 atom stereocenters. The fourth-order valence-electron chi connectivity index (χ4n) is 2.85. The number of amides is 1. The maximum absolute atomic E-state index is 12.3. The number of rotatable bonds is 4. The third-order valence-corrected chi connectivity index (χ3v) is 4.69. The lowest BCUT2D eigenvalue weighted by molar-refractivity contribution is -0.118. The topological polar surface area (TPSA) is 62.1 Å². The van der Waals surface area contributed by atoms with Crippen LogP contribution in [0.1, 0.15) is 27.7 Å². The Balaban J connectivity index is 2.05. The molecule has 2 rings (SSSR count). The second kappa shape index (κ2) is 4.82. The molecule has 1 saturated carbocycles. The van der Waals surface area contributed by atoms with Crippen molar-refractivity contribution in [2.75, 3.05) is 11.9 Å². The van der Waals surface area contributed by atoms with Gasteiger partial charge in [0.25, 0.3) is 0 Å². The van der Waals surface area contributed by atoms with E-state index in [1.807, 2.05) is 12.1 Å². The lowest BCUT2D eigenvalue weighted by atomic mass is 10.0. The normalized spacial score (nSPS) is 18.9. The van der Waals surface area contributed by atoms with Crippen molar-refractivity contribution in [2.24, 2.45) is 16.7 Å². The smallest absolute Gasteiger partial charge is 0.228 e. The lowest BCUT2D eigenvalue weighted by Crippen LogP contribution is -2.17. The zero-order valence-corrected chi connectivity index (χ0v) is 12.4. The first kappa shape index (κ1) is 14.4. The van der Waals surface area contributed by atoms with Gasteiger partial charge in [-0.3, -0.25) is 4.79 Å². The summed E-state index contributed by atoms with van der Waals surface area (Å²) in [4.78, 5) is 12.3. The summed E-state index contributed by atoms with van der Waals surface area (Å²) in [6.07, 6.45) is 0. The van der Waals surface area contributed by atoms with Crippen molar-refractivity contribution in [2.45, 2.75) is 27.7 Å². The number of hydrogen-bond donors (Lipinski definition) is 1. The van der Waals surface area contributed by atoms with Gasteiger partial charge >= 0.3 is 0 Å². The molecule has 0 aliphatic heterocycles. The molecule has 0 spiro atoms. The Hall–Kier alpha value is -2.02. The molecule has 1 fully saturated rings. The van der Waals surface area contributed by atoms with Crippen molar-refractivity contribution in [3.05, 3.63) is 24.3 Å². The van der Waals surface area contributed by atoms with Crippen molar-refractivity contribution in [3.8, 4) is 11.8 Å². The third-order valence-electron chi connectivity index (χ3n) is 4.69. The van der Waals surface area contributed by atoms with E-state index >= 15 is 0 Å². The summed E-state index contributed by atoms with van der Waals surface area (Å²) in [5.41, 5.74) is 0.738. The monoisotopic (exact) mass is 272 g/mol. The Morgan fingerprint density at radius 2 is 2.00 bits per heavy atom. The van der Waals surface area contributed by atoms with E-state index in [4.69, 9.17) is 10.00 Å². The van der Waals surface area contributed by atoms with E-state index in [0.29, 0.717) is 11.4 Å². The SMILES string of the molecule is CC1(C)C(C(=O)Nc2cccc(OCC#N)c2)C1(C)C. The van der Waals surface area contributed by atoms with Gasteiger partial charge in [0.2, 0.25) is 5.91 Å². The standard InChI is InChI=1S/C16H20N2O2/c1-15(2)13(16(15,3)4)14(19)18-11-6-5-7-12(10-11)20-9-8-17/h5-7,10,13H,9H2,1-4H3,(H,18,19). The van der Waals surface area contributed by atoms with E-state index in [0.717, 1.165) is 0 Å². The van der Waals surface area contributed by atoms with Gasteiger partial charge in [-0.2, -0.15) is 5.26 Å². The number of nitriles is 1. The van der Waals surface area contributed by atoms with Gasteiger partial charge in [0, 0.05) is 17.7 Å².